The first kappa shape index (κ1) is 14.4. The van der Waals surface area contributed by atoms with Gasteiger partial charge < -0.3 is 4.74 Å². The van der Waals surface area contributed by atoms with Gasteiger partial charge in [0.15, 0.2) is 0 Å². The third-order valence-electron chi connectivity index (χ3n) is 1.96. The van der Waals surface area contributed by atoms with Crippen LogP contribution in [0.5, 0.6) is 0 Å². The Bertz CT molecular complexity index is 148. The van der Waals surface area contributed by atoms with E-state index < -0.39 is 0 Å². The molecule has 90 valence electrons. The SMILES string of the molecule is CCCCOOC(=O)CCCCCOC. The summed E-state index contributed by atoms with van der Waals surface area (Å²) in [6.45, 7) is 3.30. The highest BCUT2D eigenvalue weighted by Gasteiger charge is 2.03. The molecule has 0 N–H and O–H groups in total. The van der Waals surface area contributed by atoms with E-state index in [-0.39, 0.29) is 5.97 Å². The van der Waals surface area contributed by atoms with Crippen LogP contribution in [-0.4, -0.2) is 26.3 Å². The lowest BCUT2D eigenvalue weighted by molar-refractivity contribution is -0.272. The van der Waals surface area contributed by atoms with Gasteiger partial charge in [-0.3, -0.25) is 4.89 Å². The van der Waals surface area contributed by atoms with Crippen molar-refractivity contribution in [2.24, 2.45) is 0 Å². The van der Waals surface area contributed by atoms with Crippen LogP contribution >= 0.6 is 0 Å². The zero-order valence-electron chi connectivity index (χ0n) is 9.79. The van der Waals surface area contributed by atoms with Gasteiger partial charge in [0.05, 0.1) is 6.61 Å². The number of carbonyl (C=O) groups is 1. The molecule has 0 unspecified atom stereocenters. The van der Waals surface area contributed by atoms with Crippen molar-refractivity contribution in [1.29, 1.82) is 0 Å². The molecule has 4 heteroatoms. The van der Waals surface area contributed by atoms with E-state index >= 15 is 0 Å². The molecule has 0 aromatic rings. The Hall–Kier alpha value is -0.610. The zero-order chi connectivity index (χ0) is 11.4. The average molecular weight is 218 g/mol. The van der Waals surface area contributed by atoms with Crippen LogP contribution in [-0.2, 0) is 19.3 Å². The van der Waals surface area contributed by atoms with Crippen molar-refractivity contribution in [3.63, 3.8) is 0 Å². The lowest BCUT2D eigenvalue weighted by atomic mass is 10.2. The van der Waals surface area contributed by atoms with Gasteiger partial charge in [0, 0.05) is 20.1 Å². The monoisotopic (exact) mass is 218 g/mol. The molecule has 0 aromatic heterocycles. The van der Waals surface area contributed by atoms with Gasteiger partial charge in [0.1, 0.15) is 0 Å². The van der Waals surface area contributed by atoms with Gasteiger partial charge >= 0.3 is 5.97 Å². The molecule has 0 saturated carbocycles. The van der Waals surface area contributed by atoms with E-state index in [0.717, 1.165) is 38.7 Å². The van der Waals surface area contributed by atoms with Crippen LogP contribution in [0.4, 0.5) is 0 Å². The van der Waals surface area contributed by atoms with E-state index in [9.17, 15) is 4.79 Å². The van der Waals surface area contributed by atoms with E-state index in [4.69, 9.17) is 9.62 Å². The molecule has 0 spiro atoms. The summed E-state index contributed by atoms with van der Waals surface area (Å²) in [5.74, 6) is -0.275. The second-order valence-corrected chi connectivity index (χ2v) is 3.43. The highest BCUT2D eigenvalue weighted by atomic mass is 17.2. The molecular weight excluding hydrogens is 196 g/mol. The number of hydrogen-bond acceptors (Lipinski definition) is 4. The quantitative estimate of drug-likeness (QED) is 0.321. The topological polar surface area (TPSA) is 44.8 Å². The number of hydrogen-bond donors (Lipinski definition) is 0. The molecule has 0 radical (unpaired) electrons. The van der Waals surface area contributed by atoms with Crippen LogP contribution in [0, 0.1) is 0 Å². The van der Waals surface area contributed by atoms with Crippen molar-refractivity contribution >= 4 is 5.97 Å². The number of carbonyl (C=O) groups excluding carboxylic acids is 1. The molecule has 0 atom stereocenters. The molecule has 0 aromatic carbocycles. The predicted molar refractivity (Wildman–Crippen MR) is 57.3 cm³/mol. The third kappa shape index (κ3) is 11.3. The molecule has 0 fully saturated rings. The first-order valence-electron chi connectivity index (χ1n) is 5.62. The van der Waals surface area contributed by atoms with Crippen molar-refractivity contribution in [3.05, 3.63) is 0 Å². The van der Waals surface area contributed by atoms with Crippen molar-refractivity contribution in [2.75, 3.05) is 20.3 Å². The second kappa shape index (κ2) is 11.5. The van der Waals surface area contributed by atoms with Crippen molar-refractivity contribution in [1.82, 2.24) is 0 Å². The molecule has 4 nitrogen and oxygen atoms in total. The maximum absolute atomic E-state index is 11.1. The van der Waals surface area contributed by atoms with Crippen molar-refractivity contribution in [3.8, 4) is 0 Å². The largest absolute Gasteiger partial charge is 0.385 e. The summed E-state index contributed by atoms with van der Waals surface area (Å²) >= 11 is 0. The third-order valence-corrected chi connectivity index (χ3v) is 1.96. The summed E-state index contributed by atoms with van der Waals surface area (Å²) in [6.07, 6.45) is 5.18. The van der Waals surface area contributed by atoms with Gasteiger partial charge in [0.25, 0.3) is 0 Å². The van der Waals surface area contributed by atoms with Crippen LogP contribution in [0.3, 0.4) is 0 Å². The Labute approximate surface area is 91.8 Å². The van der Waals surface area contributed by atoms with Crippen LogP contribution < -0.4 is 0 Å². The highest BCUT2D eigenvalue weighted by molar-refractivity contribution is 5.68. The van der Waals surface area contributed by atoms with Gasteiger partial charge in [-0.25, -0.2) is 4.79 Å². The van der Waals surface area contributed by atoms with Crippen LogP contribution in [0.25, 0.3) is 0 Å². The lowest BCUT2D eigenvalue weighted by Gasteiger charge is -2.02. The molecule has 15 heavy (non-hydrogen) atoms. The van der Waals surface area contributed by atoms with Crippen LogP contribution in [0.2, 0.25) is 0 Å². The van der Waals surface area contributed by atoms with E-state index in [1.54, 1.807) is 7.11 Å². The summed E-state index contributed by atoms with van der Waals surface area (Å²) in [4.78, 5) is 20.4. The van der Waals surface area contributed by atoms with Crippen LogP contribution in [0.1, 0.15) is 45.4 Å². The number of methoxy groups -OCH3 is 1. The summed E-state index contributed by atoms with van der Waals surface area (Å²) in [6, 6.07) is 0. The smallest absolute Gasteiger partial charge is 0.342 e. The van der Waals surface area contributed by atoms with E-state index in [0.29, 0.717) is 13.0 Å². The highest BCUT2D eigenvalue weighted by Crippen LogP contribution is 2.02. The number of unbranched alkanes of at least 4 members (excludes halogenated alkanes) is 3. The molecule has 0 aliphatic heterocycles. The maximum atomic E-state index is 11.1. The second-order valence-electron chi connectivity index (χ2n) is 3.43. The maximum Gasteiger partial charge on any atom is 0.342 e. The summed E-state index contributed by atoms with van der Waals surface area (Å²) in [7, 11) is 1.68. The predicted octanol–water partition coefficient (Wildman–Crippen LogP) is 2.47. The number of ether oxygens (including phenoxy) is 1. The average Bonchev–Trinajstić information content (AvgIpc) is 2.24. The summed E-state index contributed by atoms with van der Waals surface area (Å²) in [5.41, 5.74) is 0. The Kier molecular flexibility index (Phi) is 11.0. The fourth-order valence-corrected chi connectivity index (χ4v) is 1.04. The minimum atomic E-state index is -0.275. The standard InChI is InChI=1S/C11H22O4/c1-3-4-10-14-15-11(12)8-6-5-7-9-13-2/h3-10H2,1-2H3. The molecule has 0 bridgehead atoms. The molecule has 0 rings (SSSR count). The Morgan fingerprint density at radius 3 is 2.53 bits per heavy atom. The first-order chi connectivity index (χ1) is 7.31. The fourth-order valence-electron chi connectivity index (χ4n) is 1.04. The van der Waals surface area contributed by atoms with Crippen molar-refractivity contribution < 1.29 is 19.3 Å². The van der Waals surface area contributed by atoms with Crippen molar-refractivity contribution in [2.45, 2.75) is 45.4 Å². The number of rotatable bonds is 10. The van der Waals surface area contributed by atoms with Gasteiger partial charge in [-0.15, -0.1) is 0 Å². The van der Waals surface area contributed by atoms with E-state index in [2.05, 4.69) is 11.8 Å². The van der Waals surface area contributed by atoms with Gasteiger partial charge in [-0.05, 0) is 19.3 Å². The first-order valence-corrected chi connectivity index (χ1v) is 5.62. The van der Waals surface area contributed by atoms with E-state index in [1.165, 1.54) is 0 Å². The Morgan fingerprint density at radius 1 is 1.07 bits per heavy atom. The van der Waals surface area contributed by atoms with E-state index in [1.807, 2.05) is 0 Å². The molecule has 0 aliphatic carbocycles. The molecule has 0 aliphatic rings. The fraction of sp³-hybridized carbons (Fsp3) is 0.909. The molecular formula is C11H22O4. The molecule has 0 amide bonds. The van der Waals surface area contributed by atoms with Gasteiger partial charge in [-0.2, -0.15) is 4.89 Å². The molecule has 0 heterocycles. The van der Waals surface area contributed by atoms with Gasteiger partial charge in [-0.1, -0.05) is 19.8 Å². The minimum Gasteiger partial charge on any atom is -0.385 e. The Morgan fingerprint density at radius 2 is 1.87 bits per heavy atom. The van der Waals surface area contributed by atoms with Crippen LogP contribution in [0.15, 0.2) is 0 Å². The minimum absolute atomic E-state index is 0.275. The molecule has 0 saturated heterocycles. The summed E-state index contributed by atoms with van der Waals surface area (Å²) in [5, 5.41) is 0. The summed E-state index contributed by atoms with van der Waals surface area (Å²) < 4.78 is 4.90. The zero-order valence-corrected chi connectivity index (χ0v) is 9.79. The Balaban J connectivity index is 3.11. The normalized spacial score (nSPS) is 10.3. The van der Waals surface area contributed by atoms with Gasteiger partial charge in [0.2, 0.25) is 0 Å². The lowest BCUT2D eigenvalue weighted by Crippen LogP contribution is -2.06.